The van der Waals surface area contributed by atoms with Crippen LogP contribution in [-0.2, 0) is 0 Å². The van der Waals surface area contributed by atoms with Gasteiger partial charge >= 0.3 is 0 Å². The number of benzene rings is 1. The highest BCUT2D eigenvalue weighted by Gasteiger charge is 2.21. The van der Waals surface area contributed by atoms with E-state index >= 15 is 0 Å². The van der Waals surface area contributed by atoms with Crippen molar-refractivity contribution in [3.05, 3.63) is 29.3 Å². The van der Waals surface area contributed by atoms with E-state index in [1.165, 1.54) is 0 Å². The maximum absolute atomic E-state index is 12.0. The van der Waals surface area contributed by atoms with Gasteiger partial charge in [-0.3, -0.25) is 4.79 Å². The normalized spacial score (nSPS) is 11.3. The van der Waals surface area contributed by atoms with Crippen molar-refractivity contribution in [3.8, 4) is 0 Å². The summed E-state index contributed by atoms with van der Waals surface area (Å²) in [6, 6.07) is 5.20. The van der Waals surface area contributed by atoms with Crippen molar-refractivity contribution in [2.45, 2.75) is 32.7 Å². The van der Waals surface area contributed by atoms with E-state index in [0.717, 1.165) is 5.56 Å². The smallest absolute Gasteiger partial charge is 0.251 e. The summed E-state index contributed by atoms with van der Waals surface area (Å²) in [5.41, 5.74) is 7.33. The Balaban J connectivity index is 2.83. The number of nitrogens with two attached hydrogens (primary N) is 1. The van der Waals surface area contributed by atoms with E-state index in [1.807, 2.05) is 20.8 Å². The van der Waals surface area contributed by atoms with Gasteiger partial charge in [-0.05, 0) is 51.0 Å². The molecule has 0 bridgehead atoms. The predicted molar refractivity (Wildman–Crippen MR) is 68.8 cm³/mol. The first-order chi connectivity index (χ1) is 7.85. The van der Waals surface area contributed by atoms with Gasteiger partial charge in [0.2, 0.25) is 0 Å². The van der Waals surface area contributed by atoms with Crippen LogP contribution in [0.1, 0.15) is 36.2 Å². The molecular formula is C13H20N2O2. The minimum atomic E-state index is -0.417. The van der Waals surface area contributed by atoms with Gasteiger partial charge < -0.3 is 16.2 Å². The second-order valence-corrected chi connectivity index (χ2v) is 4.89. The molecule has 0 saturated carbocycles. The summed E-state index contributed by atoms with van der Waals surface area (Å²) < 4.78 is 0. The first-order valence-corrected chi connectivity index (χ1v) is 5.65. The number of nitrogens with one attached hydrogen (secondary N) is 1. The lowest BCUT2D eigenvalue weighted by Gasteiger charge is -2.25. The molecule has 0 heterocycles. The molecule has 1 rings (SSSR count). The van der Waals surface area contributed by atoms with Crippen molar-refractivity contribution in [1.82, 2.24) is 5.32 Å². The molecule has 94 valence electrons. The molecule has 0 aromatic heterocycles. The maximum Gasteiger partial charge on any atom is 0.251 e. The lowest BCUT2D eigenvalue weighted by Crippen LogP contribution is -2.44. The Hall–Kier alpha value is -1.55. The summed E-state index contributed by atoms with van der Waals surface area (Å²) >= 11 is 0. The zero-order valence-corrected chi connectivity index (χ0v) is 10.6. The molecule has 4 heteroatoms. The van der Waals surface area contributed by atoms with Crippen LogP contribution in [0.25, 0.3) is 0 Å². The van der Waals surface area contributed by atoms with Crippen LogP contribution in [0.15, 0.2) is 18.2 Å². The molecule has 1 aromatic rings. The lowest BCUT2D eigenvalue weighted by atomic mass is 9.99. The van der Waals surface area contributed by atoms with Gasteiger partial charge in [-0.1, -0.05) is 0 Å². The Morgan fingerprint density at radius 2 is 2.12 bits per heavy atom. The monoisotopic (exact) mass is 236 g/mol. The van der Waals surface area contributed by atoms with Gasteiger partial charge in [-0.25, -0.2) is 0 Å². The molecule has 0 aliphatic rings. The van der Waals surface area contributed by atoms with Crippen molar-refractivity contribution >= 4 is 11.6 Å². The average molecular weight is 236 g/mol. The number of carbonyl (C=O) groups excluding carboxylic acids is 1. The number of hydrogen-bond donors (Lipinski definition) is 3. The third-order valence-corrected chi connectivity index (χ3v) is 2.68. The molecule has 4 N–H and O–H groups in total. The summed E-state index contributed by atoms with van der Waals surface area (Å²) in [6.07, 6.45) is 0.521. The molecule has 0 spiro atoms. The molecule has 0 aliphatic heterocycles. The third-order valence-electron chi connectivity index (χ3n) is 2.68. The van der Waals surface area contributed by atoms with E-state index < -0.39 is 5.54 Å². The van der Waals surface area contributed by atoms with Gasteiger partial charge in [-0.2, -0.15) is 0 Å². The first kappa shape index (κ1) is 13.5. The van der Waals surface area contributed by atoms with Crippen LogP contribution in [0.3, 0.4) is 0 Å². The summed E-state index contributed by atoms with van der Waals surface area (Å²) in [5.74, 6) is -0.138. The highest BCUT2D eigenvalue weighted by molar-refractivity contribution is 5.96. The molecule has 0 saturated heterocycles. The number of nitrogen functional groups attached to an aromatic ring is 1. The number of aryl methyl sites for hydroxylation is 1. The first-order valence-electron chi connectivity index (χ1n) is 5.65. The van der Waals surface area contributed by atoms with E-state index in [0.29, 0.717) is 17.7 Å². The highest BCUT2D eigenvalue weighted by Crippen LogP contribution is 2.15. The lowest BCUT2D eigenvalue weighted by molar-refractivity contribution is 0.0899. The Bertz CT molecular complexity index is 414. The van der Waals surface area contributed by atoms with Crippen molar-refractivity contribution in [2.75, 3.05) is 12.3 Å². The Morgan fingerprint density at radius 1 is 1.47 bits per heavy atom. The number of aliphatic hydroxyl groups excluding tert-OH is 1. The van der Waals surface area contributed by atoms with Crippen molar-refractivity contribution in [3.63, 3.8) is 0 Å². The summed E-state index contributed by atoms with van der Waals surface area (Å²) in [6.45, 7) is 5.67. The van der Waals surface area contributed by atoms with Crippen LogP contribution in [0.5, 0.6) is 0 Å². The van der Waals surface area contributed by atoms with Crippen LogP contribution in [0.4, 0.5) is 5.69 Å². The van der Waals surface area contributed by atoms with Gasteiger partial charge in [0.15, 0.2) is 0 Å². The second kappa shape index (κ2) is 5.19. The van der Waals surface area contributed by atoms with E-state index in [4.69, 9.17) is 10.8 Å². The van der Waals surface area contributed by atoms with Crippen LogP contribution in [0, 0.1) is 6.92 Å². The topological polar surface area (TPSA) is 75.4 Å². The summed E-state index contributed by atoms with van der Waals surface area (Å²) in [4.78, 5) is 12.0. The van der Waals surface area contributed by atoms with Crippen molar-refractivity contribution in [1.29, 1.82) is 0 Å². The molecule has 1 amide bonds. The highest BCUT2D eigenvalue weighted by atomic mass is 16.3. The molecular weight excluding hydrogens is 216 g/mol. The molecule has 17 heavy (non-hydrogen) atoms. The van der Waals surface area contributed by atoms with Gasteiger partial charge in [0, 0.05) is 23.4 Å². The Labute approximate surface area is 102 Å². The van der Waals surface area contributed by atoms with Gasteiger partial charge in [0.1, 0.15) is 0 Å². The maximum atomic E-state index is 12.0. The molecule has 0 fully saturated rings. The van der Waals surface area contributed by atoms with Crippen LogP contribution in [-0.4, -0.2) is 23.2 Å². The minimum Gasteiger partial charge on any atom is -0.399 e. The van der Waals surface area contributed by atoms with E-state index in [1.54, 1.807) is 18.2 Å². The Kier molecular flexibility index (Phi) is 4.12. The summed E-state index contributed by atoms with van der Waals surface area (Å²) in [5, 5.41) is 11.8. The molecule has 1 aromatic carbocycles. The number of amides is 1. The molecule has 0 radical (unpaired) electrons. The predicted octanol–water partition coefficient (Wildman–Crippen LogP) is 1.47. The van der Waals surface area contributed by atoms with Crippen molar-refractivity contribution in [2.24, 2.45) is 0 Å². The van der Waals surface area contributed by atoms with E-state index in [-0.39, 0.29) is 12.5 Å². The second-order valence-electron chi connectivity index (χ2n) is 4.89. The van der Waals surface area contributed by atoms with Crippen LogP contribution >= 0.6 is 0 Å². The largest absolute Gasteiger partial charge is 0.399 e. The zero-order valence-electron chi connectivity index (χ0n) is 10.6. The fourth-order valence-corrected chi connectivity index (χ4v) is 1.66. The number of hydrogen-bond acceptors (Lipinski definition) is 3. The number of anilines is 1. The fraction of sp³-hybridized carbons (Fsp3) is 0.462. The Morgan fingerprint density at radius 3 is 2.65 bits per heavy atom. The number of carbonyl (C=O) groups is 1. The van der Waals surface area contributed by atoms with Crippen LogP contribution in [0.2, 0.25) is 0 Å². The standard InChI is InChI=1S/C13H20N2O2/c1-9-8-10(14)4-5-11(9)12(17)15-13(2,3)6-7-16/h4-5,8,16H,6-7,14H2,1-3H3,(H,15,17). The van der Waals surface area contributed by atoms with Gasteiger partial charge in [-0.15, -0.1) is 0 Å². The molecule has 4 nitrogen and oxygen atoms in total. The molecule has 0 atom stereocenters. The number of rotatable bonds is 4. The van der Waals surface area contributed by atoms with Crippen LogP contribution < -0.4 is 11.1 Å². The molecule has 0 aliphatic carbocycles. The van der Waals surface area contributed by atoms with Gasteiger partial charge in [0.05, 0.1) is 0 Å². The molecule has 0 unspecified atom stereocenters. The van der Waals surface area contributed by atoms with E-state index in [9.17, 15) is 4.79 Å². The fourth-order valence-electron chi connectivity index (χ4n) is 1.66. The summed E-state index contributed by atoms with van der Waals surface area (Å²) in [7, 11) is 0. The minimum absolute atomic E-state index is 0.0496. The van der Waals surface area contributed by atoms with Gasteiger partial charge in [0.25, 0.3) is 5.91 Å². The third kappa shape index (κ3) is 3.75. The SMILES string of the molecule is Cc1cc(N)ccc1C(=O)NC(C)(C)CCO. The quantitative estimate of drug-likeness (QED) is 0.693. The average Bonchev–Trinajstić information content (AvgIpc) is 2.15. The van der Waals surface area contributed by atoms with Crippen molar-refractivity contribution < 1.29 is 9.90 Å². The zero-order chi connectivity index (χ0) is 13.1. The number of aliphatic hydroxyl groups is 1. The van der Waals surface area contributed by atoms with E-state index in [2.05, 4.69) is 5.32 Å².